The van der Waals surface area contributed by atoms with Crippen LogP contribution in [0.5, 0.6) is 0 Å². The van der Waals surface area contributed by atoms with E-state index in [4.69, 9.17) is 0 Å². The van der Waals surface area contributed by atoms with Gasteiger partial charge in [-0.1, -0.05) is 11.3 Å². The lowest BCUT2D eigenvalue weighted by Gasteiger charge is -2.10. The zero-order chi connectivity index (χ0) is 15.5. The van der Waals surface area contributed by atoms with E-state index >= 15 is 0 Å². The number of aromatic nitrogens is 5. The van der Waals surface area contributed by atoms with Gasteiger partial charge in [-0.2, -0.15) is 0 Å². The van der Waals surface area contributed by atoms with Crippen LogP contribution in [-0.4, -0.2) is 37.5 Å². The number of hydrogen-bond donors (Lipinski definition) is 2. The minimum Gasteiger partial charge on any atom is -0.337 e. The summed E-state index contributed by atoms with van der Waals surface area (Å²) in [6.07, 6.45) is 4.70. The monoisotopic (exact) mass is 321 g/mol. The van der Waals surface area contributed by atoms with Gasteiger partial charge in [0.1, 0.15) is 17.2 Å². The number of carbonyl (C=O) groups is 1. The lowest BCUT2D eigenvalue weighted by Crippen LogP contribution is -2.31. The summed E-state index contributed by atoms with van der Waals surface area (Å²) in [6, 6.07) is 0.0372. The molecule has 118 valence electrons. The smallest absolute Gasteiger partial charge is 0.321 e. The van der Waals surface area contributed by atoms with Gasteiger partial charge in [-0.3, -0.25) is 5.32 Å². The van der Waals surface area contributed by atoms with Gasteiger partial charge in [-0.25, -0.2) is 4.79 Å². The number of amides is 2. The van der Waals surface area contributed by atoms with Crippen LogP contribution >= 0.6 is 11.3 Å². The van der Waals surface area contributed by atoms with Crippen molar-refractivity contribution in [1.29, 1.82) is 0 Å². The third kappa shape index (κ3) is 3.59. The normalized spacial score (nSPS) is 14.3. The summed E-state index contributed by atoms with van der Waals surface area (Å²) in [4.78, 5) is 11.8. The predicted octanol–water partition coefficient (Wildman–Crippen LogP) is 1.95. The zero-order valence-corrected chi connectivity index (χ0v) is 13.4. The molecule has 0 bridgehead atoms. The van der Waals surface area contributed by atoms with Gasteiger partial charge in [0.05, 0.1) is 0 Å². The fraction of sp³-hybridized carbons (Fsp3) is 0.615. The summed E-state index contributed by atoms with van der Waals surface area (Å²) in [7, 11) is 0. The van der Waals surface area contributed by atoms with Crippen LogP contribution in [0.1, 0.15) is 49.5 Å². The maximum absolute atomic E-state index is 11.8. The van der Waals surface area contributed by atoms with E-state index in [9.17, 15) is 4.79 Å². The first-order valence-corrected chi connectivity index (χ1v) is 8.21. The fourth-order valence-electron chi connectivity index (χ4n) is 2.09. The van der Waals surface area contributed by atoms with Crippen LogP contribution in [0.25, 0.3) is 0 Å². The largest absolute Gasteiger partial charge is 0.337 e. The Labute approximate surface area is 132 Å². The molecule has 0 saturated heterocycles. The Morgan fingerprint density at radius 1 is 1.41 bits per heavy atom. The Hall–Kier alpha value is -2.03. The lowest BCUT2D eigenvalue weighted by molar-refractivity contribution is 0.252. The molecule has 0 aromatic carbocycles. The molecule has 22 heavy (non-hydrogen) atoms. The predicted molar refractivity (Wildman–Crippen MR) is 83.0 cm³/mol. The van der Waals surface area contributed by atoms with Crippen LogP contribution in [0.4, 0.5) is 9.93 Å². The van der Waals surface area contributed by atoms with E-state index in [2.05, 4.69) is 44.9 Å². The maximum Gasteiger partial charge on any atom is 0.321 e. The second kappa shape index (κ2) is 6.39. The Kier molecular flexibility index (Phi) is 4.32. The molecule has 2 amide bonds. The molecule has 8 nitrogen and oxygen atoms in total. The van der Waals surface area contributed by atoms with E-state index in [1.807, 2.05) is 4.57 Å². The second-order valence-electron chi connectivity index (χ2n) is 5.60. The highest BCUT2D eigenvalue weighted by Gasteiger charge is 2.27. The number of rotatable bonds is 6. The zero-order valence-electron chi connectivity index (χ0n) is 12.6. The van der Waals surface area contributed by atoms with Gasteiger partial charge in [0.15, 0.2) is 0 Å². The van der Waals surface area contributed by atoms with Crippen molar-refractivity contribution in [3.8, 4) is 0 Å². The summed E-state index contributed by atoms with van der Waals surface area (Å²) in [5, 5.41) is 23.1. The van der Waals surface area contributed by atoms with Crippen LogP contribution in [0.3, 0.4) is 0 Å². The first kappa shape index (κ1) is 14.9. The highest BCUT2D eigenvalue weighted by atomic mass is 32.1. The third-order valence-electron chi connectivity index (χ3n) is 3.43. The molecule has 1 aliphatic rings. The van der Waals surface area contributed by atoms with E-state index in [1.54, 1.807) is 6.33 Å². The first-order valence-electron chi connectivity index (χ1n) is 7.40. The van der Waals surface area contributed by atoms with Crippen molar-refractivity contribution in [2.45, 2.75) is 45.1 Å². The molecule has 9 heteroatoms. The van der Waals surface area contributed by atoms with Crippen molar-refractivity contribution < 1.29 is 4.79 Å². The lowest BCUT2D eigenvalue weighted by atomic mass is 10.3. The number of nitrogens with zero attached hydrogens (tertiary/aromatic N) is 5. The Morgan fingerprint density at radius 2 is 2.23 bits per heavy atom. The molecule has 0 aliphatic heterocycles. The van der Waals surface area contributed by atoms with Gasteiger partial charge in [-0.05, 0) is 26.7 Å². The molecule has 2 heterocycles. The number of carbonyl (C=O) groups excluding carboxylic acids is 1. The van der Waals surface area contributed by atoms with E-state index < -0.39 is 0 Å². The summed E-state index contributed by atoms with van der Waals surface area (Å²) in [5.41, 5.74) is 0. The van der Waals surface area contributed by atoms with Crippen molar-refractivity contribution in [2.75, 3.05) is 11.9 Å². The standard InChI is InChI=1S/C13H19N7OS/c1-8(2)20-7-15-17-10(20)5-6-14-12(21)16-13-19-18-11(22-13)9-3-4-9/h7-9H,3-6H2,1-2H3,(H2,14,16,19,21). The van der Waals surface area contributed by atoms with E-state index in [0.29, 0.717) is 30.1 Å². The minimum atomic E-state index is -0.269. The molecule has 3 rings (SSSR count). The number of anilines is 1. The Balaban J connectivity index is 1.44. The summed E-state index contributed by atoms with van der Waals surface area (Å²) in [5.74, 6) is 1.42. The molecular formula is C13H19N7OS. The molecule has 0 radical (unpaired) electrons. The third-order valence-corrected chi connectivity index (χ3v) is 4.43. The molecule has 1 fully saturated rings. The molecule has 2 N–H and O–H groups in total. The number of urea groups is 1. The van der Waals surface area contributed by atoms with Gasteiger partial charge in [-0.15, -0.1) is 20.4 Å². The maximum atomic E-state index is 11.8. The van der Waals surface area contributed by atoms with E-state index in [-0.39, 0.29) is 6.03 Å². The molecular weight excluding hydrogens is 302 g/mol. The first-order chi connectivity index (χ1) is 10.6. The molecule has 2 aromatic heterocycles. The molecule has 0 unspecified atom stereocenters. The molecule has 1 saturated carbocycles. The molecule has 2 aromatic rings. The van der Waals surface area contributed by atoms with Crippen molar-refractivity contribution in [3.63, 3.8) is 0 Å². The van der Waals surface area contributed by atoms with Gasteiger partial charge in [0.25, 0.3) is 0 Å². The summed E-state index contributed by atoms with van der Waals surface area (Å²) >= 11 is 1.45. The second-order valence-corrected chi connectivity index (χ2v) is 6.61. The fourth-order valence-corrected chi connectivity index (χ4v) is 2.99. The highest BCUT2D eigenvalue weighted by Crippen LogP contribution is 2.41. The van der Waals surface area contributed by atoms with Crippen molar-refractivity contribution in [2.24, 2.45) is 0 Å². The Bertz CT molecular complexity index is 646. The van der Waals surface area contributed by atoms with Crippen molar-refractivity contribution >= 4 is 22.5 Å². The minimum absolute atomic E-state index is 0.269. The van der Waals surface area contributed by atoms with Crippen LogP contribution in [0.15, 0.2) is 6.33 Å². The van der Waals surface area contributed by atoms with E-state index in [0.717, 1.165) is 10.8 Å². The van der Waals surface area contributed by atoms with Crippen LogP contribution in [0, 0.1) is 0 Å². The van der Waals surface area contributed by atoms with Gasteiger partial charge < -0.3 is 9.88 Å². The van der Waals surface area contributed by atoms with Gasteiger partial charge in [0, 0.05) is 24.9 Å². The topological polar surface area (TPSA) is 97.6 Å². The van der Waals surface area contributed by atoms with Crippen molar-refractivity contribution in [3.05, 3.63) is 17.2 Å². The molecule has 1 aliphatic carbocycles. The van der Waals surface area contributed by atoms with Crippen LogP contribution < -0.4 is 10.6 Å². The van der Waals surface area contributed by atoms with Crippen molar-refractivity contribution in [1.82, 2.24) is 30.3 Å². The Morgan fingerprint density at radius 3 is 2.95 bits per heavy atom. The van der Waals surface area contributed by atoms with Crippen LogP contribution in [-0.2, 0) is 6.42 Å². The molecule has 0 atom stereocenters. The SMILES string of the molecule is CC(C)n1cnnc1CCNC(=O)Nc1nnc(C2CC2)s1. The molecule has 0 spiro atoms. The van der Waals surface area contributed by atoms with E-state index in [1.165, 1.54) is 24.2 Å². The van der Waals surface area contributed by atoms with Gasteiger partial charge in [0.2, 0.25) is 5.13 Å². The summed E-state index contributed by atoms with van der Waals surface area (Å²) in [6.45, 7) is 4.63. The van der Waals surface area contributed by atoms with Gasteiger partial charge >= 0.3 is 6.03 Å². The number of hydrogen-bond acceptors (Lipinski definition) is 6. The number of nitrogens with one attached hydrogen (secondary N) is 2. The summed E-state index contributed by atoms with van der Waals surface area (Å²) < 4.78 is 1.99. The average molecular weight is 321 g/mol. The highest BCUT2D eigenvalue weighted by molar-refractivity contribution is 7.15. The van der Waals surface area contributed by atoms with Crippen LogP contribution in [0.2, 0.25) is 0 Å². The quantitative estimate of drug-likeness (QED) is 0.847. The average Bonchev–Trinajstić information content (AvgIpc) is 3.04.